The lowest BCUT2D eigenvalue weighted by Crippen LogP contribution is -2.37. The van der Waals surface area contributed by atoms with Gasteiger partial charge in [-0.05, 0) is 37.0 Å². The number of halogens is 2. The summed E-state index contributed by atoms with van der Waals surface area (Å²) in [7, 11) is 0. The van der Waals surface area contributed by atoms with Gasteiger partial charge in [-0.2, -0.15) is 5.10 Å². The van der Waals surface area contributed by atoms with Gasteiger partial charge in [0, 0.05) is 25.4 Å². The molecule has 0 unspecified atom stereocenters. The zero-order valence-electron chi connectivity index (χ0n) is 13.6. The number of nitrogens with zero attached hydrogens (tertiary/aromatic N) is 2. The maximum Gasteiger partial charge on any atom is 0.151 e. The first-order valence-corrected chi connectivity index (χ1v) is 8.52. The van der Waals surface area contributed by atoms with Crippen LogP contribution < -0.4 is 5.32 Å². The third-order valence-electron chi connectivity index (χ3n) is 4.75. The number of hydrogen-bond donors (Lipinski definition) is 2. The molecule has 1 aliphatic carbocycles. The van der Waals surface area contributed by atoms with E-state index in [4.69, 9.17) is 0 Å². The van der Waals surface area contributed by atoms with Crippen molar-refractivity contribution < 1.29 is 13.9 Å². The van der Waals surface area contributed by atoms with Gasteiger partial charge in [-0.3, -0.25) is 0 Å². The van der Waals surface area contributed by atoms with E-state index >= 15 is 0 Å². The molecule has 0 spiro atoms. The van der Waals surface area contributed by atoms with Gasteiger partial charge < -0.3 is 10.4 Å². The first-order chi connectivity index (χ1) is 11.7. The molecule has 130 valence electrons. The highest BCUT2D eigenvalue weighted by Crippen LogP contribution is 2.23. The molecule has 24 heavy (non-hydrogen) atoms. The standard InChI is InChI=1S/C18H23F2N3O/c19-15-6-4-7-16(20)18(15)23-10-9-14(22-23)11-21-17-8-3-1-2-5-13(17)12-24/h4,6-7,9-10,13,17,21,24H,1-3,5,8,11-12H2/t13-,17+/m0/s1. The van der Waals surface area contributed by atoms with Gasteiger partial charge in [0.15, 0.2) is 11.6 Å². The lowest BCUT2D eigenvalue weighted by molar-refractivity contribution is 0.180. The van der Waals surface area contributed by atoms with E-state index in [1.54, 1.807) is 12.3 Å². The summed E-state index contributed by atoms with van der Waals surface area (Å²) in [6.45, 7) is 0.705. The molecule has 1 aromatic carbocycles. The molecule has 1 fully saturated rings. The molecule has 2 aromatic rings. The Kier molecular flexibility index (Phi) is 5.58. The normalized spacial score (nSPS) is 21.6. The SMILES string of the molecule is OC[C@@H]1CCCCC[C@H]1NCc1ccn(-c2c(F)cccc2F)n1. The average Bonchev–Trinajstić information content (AvgIpc) is 2.90. The number of nitrogens with one attached hydrogen (secondary N) is 1. The van der Waals surface area contributed by atoms with E-state index in [1.165, 1.54) is 29.3 Å². The quantitative estimate of drug-likeness (QED) is 0.825. The van der Waals surface area contributed by atoms with E-state index in [1.807, 2.05) is 0 Å². The fourth-order valence-corrected chi connectivity index (χ4v) is 3.40. The zero-order chi connectivity index (χ0) is 16.9. The molecular formula is C18H23F2N3O. The third kappa shape index (κ3) is 3.82. The number of rotatable bonds is 5. The highest BCUT2D eigenvalue weighted by Gasteiger charge is 2.22. The molecule has 4 nitrogen and oxygen atoms in total. The van der Waals surface area contributed by atoms with Gasteiger partial charge >= 0.3 is 0 Å². The zero-order valence-corrected chi connectivity index (χ0v) is 13.6. The summed E-state index contributed by atoms with van der Waals surface area (Å²) < 4.78 is 28.9. The molecule has 1 heterocycles. The van der Waals surface area contributed by atoms with Crippen LogP contribution >= 0.6 is 0 Å². The fraction of sp³-hybridized carbons (Fsp3) is 0.500. The first-order valence-electron chi connectivity index (χ1n) is 8.52. The van der Waals surface area contributed by atoms with Crippen molar-refractivity contribution >= 4 is 0 Å². The Bertz CT molecular complexity index is 654. The average molecular weight is 335 g/mol. The topological polar surface area (TPSA) is 50.1 Å². The number of para-hydroxylation sites is 1. The minimum Gasteiger partial charge on any atom is -0.396 e. The molecule has 2 N–H and O–H groups in total. The second-order valence-electron chi connectivity index (χ2n) is 6.39. The number of aromatic nitrogens is 2. The van der Waals surface area contributed by atoms with Crippen LogP contribution in [0.4, 0.5) is 8.78 Å². The van der Waals surface area contributed by atoms with E-state index in [0.29, 0.717) is 6.54 Å². The predicted molar refractivity (Wildman–Crippen MR) is 87.8 cm³/mol. The smallest absolute Gasteiger partial charge is 0.151 e. The van der Waals surface area contributed by atoms with Crippen LogP contribution in [0, 0.1) is 17.6 Å². The van der Waals surface area contributed by atoms with Crippen LogP contribution in [0.3, 0.4) is 0 Å². The Morgan fingerprint density at radius 2 is 1.88 bits per heavy atom. The summed E-state index contributed by atoms with van der Waals surface area (Å²) >= 11 is 0. The molecule has 0 radical (unpaired) electrons. The summed E-state index contributed by atoms with van der Waals surface area (Å²) in [4.78, 5) is 0. The van der Waals surface area contributed by atoms with Gasteiger partial charge in [0.05, 0.1) is 5.69 Å². The van der Waals surface area contributed by atoms with Crippen LogP contribution in [0.5, 0.6) is 0 Å². The van der Waals surface area contributed by atoms with Crippen molar-refractivity contribution in [1.29, 1.82) is 0 Å². The van der Waals surface area contributed by atoms with Crippen LogP contribution in [0.25, 0.3) is 5.69 Å². The van der Waals surface area contributed by atoms with Crippen LogP contribution in [0.15, 0.2) is 30.5 Å². The van der Waals surface area contributed by atoms with E-state index in [-0.39, 0.29) is 24.3 Å². The van der Waals surface area contributed by atoms with E-state index in [0.717, 1.165) is 31.4 Å². The molecule has 2 atom stereocenters. The van der Waals surface area contributed by atoms with E-state index < -0.39 is 11.6 Å². The van der Waals surface area contributed by atoms with Gasteiger partial charge in [0.25, 0.3) is 0 Å². The summed E-state index contributed by atoms with van der Waals surface area (Å²) in [5.74, 6) is -1.01. The molecular weight excluding hydrogens is 312 g/mol. The summed E-state index contributed by atoms with van der Waals surface area (Å²) in [6.07, 6.45) is 7.15. The van der Waals surface area contributed by atoms with Crippen molar-refractivity contribution in [2.45, 2.75) is 44.7 Å². The van der Waals surface area contributed by atoms with Crippen LogP contribution in [0.1, 0.15) is 37.8 Å². The second-order valence-corrected chi connectivity index (χ2v) is 6.39. The largest absolute Gasteiger partial charge is 0.396 e. The van der Waals surface area contributed by atoms with Crippen molar-refractivity contribution in [1.82, 2.24) is 15.1 Å². The highest BCUT2D eigenvalue weighted by molar-refractivity contribution is 5.34. The van der Waals surface area contributed by atoms with E-state index in [2.05, 4.69) is 10.4 Å². The molecule has 1 saturated carbocycles. The van der Waals surface area contributed by atoms with Crippen LogP contribution in [-0.2, 0) is 6.54 Å². The van der Waals surface area contributed by atoms with Crippen molar-refractivity contribution in [3.05, 3.63) is 47.8 Å². The Morgan fingerprint density at radius 1 is 1.12 bits per heavy atom. The Balaban J connectivity index is 1.68. The van der Waals surface area contributed by atoms with Crippen molar-refractivity contribution in [2.24, 2.45) is 5.92 Å². The molecule has 0 amide bonds. The molecule has 0 saturated heterocycles. The van der Waals surface area contributed by atoms with Gasteiger partial charge in [0.2, 0.25) is 0 Å². The Labute approximate surface area is 140 Å². The molecule has 6 heteroatoms. The van der Waals surface area contributed by atoms with Crippen molar-refractivity contribution in [2.75, 3.05) is 6.61 Å². The van der Waals surface area contributed by atoms with Crippen LogP contribution in [0.2, 0.25) is 0 Å². The van der Waals surface area contributed by atoms with Gasteiger partial charge in [-0.15, -0.1) is 0 Å². The Hall–Kier alpha value is -1.79. The van der Waals surface area contributed by atoms with E-state index in [9.17, 15) is 13.9 Å². The number of aliphatic hydroxyl groups excluding tert-OH is 1. The van der Waals surface area contributed by atoms with Gasteiger partial charge in [-0.25, -0.2) is 13.5 Å². The lowest BCUT2D eigenvalue weighted by atomic mass is 9.95. The monoisotopic (exact) mass is 335 g/mol. The second kappa shape index (κ2) is 7.85. The number of hydrogen-bond acceptors (Lipinski definition) is 3. The molecule has 1 aliphatic rings. The predicted octanol–water partition coefficient (Wildman–Crippen LogP) is 3.18. The Morgan fingerprint density at radius 3 is 2.62 bits per heavy atom. The van der Waals surface area contributed by atoms with Crippen LogP contribution in [-0.4, -0.2) is 27.5 Å². The summed E-state index contributed by atoms with van der Waals surface area (Å²) in [6, 6.07) is 5.78. The first kappa shape index (κ1) is 17.0. The fourth-order valence-electron chi connectivity index (χ4n) is 3.40. The highest BCUT2D eigenvalue weighted by atomic mass is 19.1. The summed E-state index contributed by atoms with van der Waals surface area (Å²) in [5.41, 5.74) is 0.560. The third-order valence-corrected chi connectivity index (χ3v) is 4.75. The molecule has 0 bridgehead atoms. The van der Waals surface area contributed by atoms with Gasteiger partial charge in [0.1, 0.15) is 5.69 Å². The number of benzene rings is 1. The minimum atomic E-state index is -0.637. The maximum absolute atomic E-state index is 13.8. The summed E-state index contributed by atoms with van der Waals surface area (Å²) in [5, 5.41) is 17.3. The number of aliphatic hydroxyl groups is 1. The van der Waals surface area contributed by atoms with Crippen molar-refractivity contribution in [3.63, 3.8) is 0 Å². The molecule has 1 aromatic heterocycles. The van der Waals surface area contributed by atoms with Gasteiger partial charge in [-0.1, -0.05) is 25.3 Å². The lowest BCUT2D eigenvalue weighted by Gasteiger charge is -2.24. The maximum atomic E-state index is 13.8. The minimum absolute atomic E-state index is 0.161. The van der Waals surface area contributed by atoms with Crippen molar-refractivity contribution in [3.8, 4) is 5.69 Å². The molecule has 0 aliphatic heterocycles. The molecule has 3 rings (SSSR count).